The number of amides is 1. The van der Waals surface area contributed by atoms with Crippen LogP contribution in [-0.2, 0) is 19.1 Å². The van der Waals surface area contributed by atoms with Gasteiger partial charge >= 0.3 is 11.9 Å². The first-order valence-electron chi connectivity index (χ1n) is 6.13. The van der Waals surface area contributed by atoms with Gasteiger partial charge in [0, 0.05) is 19.4 Å². The molecule has 1 saturated heterocycles. The third-order valence-corrected chi connectivity index (χ3v) is 3.76. The van der Waals surface area contributed by atoms with Crippen LogP contribution < -0.4 is 0 Å². The van der Waals surface area contributed by atoms with Gasteiger partial charge in [0.2, 0.25) is 0 Å². The van der Waals surface area contributed by atoms with Crippen LogP contribution in [0.1, 0.15) is 26.7 Å². The van der Waals surface area contributed by atoms with Crippen molar-refractivity contribution in [2.75, 3.05) is 13.7 Å². The van der Waals surface area contributed by atoms with E-state index in [9.17, 15) is 19.5 Å². The number of carboxylic acid groups (broad SMARTS) is 1. The van der Waals surface area contributed by atoms with Crippen LogP contribution >= 0.6 is 0 Å². The summed E-state index contributed by atoms with van der Waals surface area (Å²) in [5.41, 5.74) is -1.41. The number of aliphatic hydroxyl groups is 1. The minimum Gasteiger partial charge on any atom is -0.481 e. The molecule has 108 valence electrons. The Morgan fingerprint density at radius 3 is 2.42 bits per heavy atom. The highest BCUT2D eigenvalue weighted by atomic mass is 16.5. The van der Waals surface area contributed by atoms with Crippen LogP contribution in [0.5, 0.6) is 0 Å². The number of ether oxygens (including phenoxy) is 1. The summed E-state index contributed by atoms with van der Waals surface area (Å²) in [5, 5.41) is 18.6. The first kappa shape index (κ1) is 15.4. The van der Waals surface area contributed by atoms with E-state index >= 15 is 0 Å². The van der Waals surface area contributed by atoms with E-state index in [1.54, 1.807) is 13.8 Å². The summed E-state index contributed by atoms with van der Waals surface area (Å²) in [5.74, 6) is -3.05. The fourth-order valence-electron chi connectivity index (χ4n) is 2.55. The smallest absolute Gasteiger partial charge is 0.332 e. The van der Waals surface area contributed by atoms with Crippen LogP contribution in [0.25, 0.3) is 0 Å². The average Bonchev–Trinajstić information content (AvgIpc) is 2.51. The highest BCUT2D eigenvalue weighted by Crippen LogP contribution is 2.39. The minimum absolute atomic E-state index is 0.0817. The molecule has 7 nitrogen and oxygen atoms in total. The number of aliphatic carboxylic acids is 1. The fraction of sp³-hybridized carbons (Fsp3) is 0.750. The van der Waals surface area contributed by atoms with Crippen molar-refractivity contribution in [2.24, 2.45) is 5.92 Å². The molecule has 0 aromatic heterocycles. The lowest BCUT2D eigenvalue weighted by molar-refractivity contribution is -0.161. The van der Waals surface area contributed by atoms with Crippen LogP contribution in [0.15, 0.2) is 0 Å². The molecule has 19 heavy (non-hydrogen) atoms. The van der Waals surface area contributed by atoms with Gasteiger partial charge in [-0.1, -0.05) is 6.92 Å². The van der Waals surface area contributed by atoms with Crippen LogP contribution in [0.3, 0.4) is 0 Å². The SMILES string of the molecule is CCOC(=O)[C@]1(CCC(=O)O)C(C)C(O)C(=O)N1C. The van der Waals surface area contributed by atoms with E-state index in [1.165, 1.54) is 7.05 Å². The number of carbonyl (C=O) groups excluding carboxylic acids is 2. The van der Waals surface area contributed by atoms with Crippen molar-refractivity contribution in [2.45, 2.75) is 38.3 Å². The van der Waals surface area contributed by atoms with Crippen molar-refractivity contribution in [1.29, 1.82) is 0 Å². The van der Waals surface area contributed by atoms with Crippen LogP contribution in [-0.4, -0.2) is 58.3 Å². The summed E-state index contributed by atoms with van der Waals surface area (Å²) in [4.78, 5) is 35.8. The second kappa shape index (κ2) is 5.56. The van der Waals surface area contributed by atoms with Crippen LogP contribution in [0.4, 0.5) is 0 Å². The quantitative estimate of drug-likeness (QED) is 0.662. The van der Waals surface area contributed by atoms with Crippen LogP contribution in [0, 0.1) is 5.92 Å². The number of esters is 1. The van der Waals surface area contributed by atoms with E-state index < -0.39 is 35.4 Å². The highest BCUT2D eigenvalue weighted by Gasteiger charge is 2.60. The number of likely N-dealkylation sites (N-methyl/N-ethyl adjacent to an activating group) is 1. The molecule has 0 aromatic rings. The molecule has 1 aliphatic rings. The number of carboxylic acids is 1. The zero-order valence-electron chi connectivity index (χ0n) is 11.3. The van der Waals surface area contributed by atoms with E-state index in [0.717, 1.165) is 4.90 Å². The summed E-state index contributed by atoms with van der Waals surface area (Å²) < 4.78 is 4.96. The number of hydrogen-bond donors (Lipinski definition) is 2. The van der Waals surface area contributed by atoms with Crippen LogP contribution in [0.2, 0.25) is 0 Å². The summed E-state index contributed by atoms with van der Waals surface area (Å²) in [6.07, 6.45) is -1.68. The Labute approximate surface area is 111 Å². The largest absolute Gasteiger partial charge is 0.481 e. The van der Waals surface area contributed by atoms with E-state index in [0.29, 0.717) is 0 Å². The molecule has 0 bridgehead atoms. The summed E-state index contributed by atoms with van der Waals surface area (Å²) >= 11 is 0. The van der Waals surface area contributed by atoms with E-state index in [-0.39, 0.29) is 19.4 Å². The molecule has 0 saturated carbocycles. The third kappa shape index (κ3) is 2.42. The van der Waals surface area contributed by atoms with Gasteiger partial charge in [-0.2, -0.15) is 0 Å². The Morgan fingerprint density at radius 2 is 2.05 bits per heavy atom. The van der Waals surface area contributed by atoms with Gasteiger partial charge in [-0.3, -0.25) is 9.59 Å². The van der Waals surface area contributed by atoms with Gasteiger partial charge in [0.05, 0.1) is 6.61 Å². The van der Waals surface area contributed by atoms with Gasteiger partial charge in [0.1, 0.15) is 11.6 Å². The third-order valence-electron chi connectivity index (χ3n) is 3.76. The second-order valence-electron chi connectivity index (χ2n) is 4.67. The maximum Gasteiger partial charge on any atom is 0.332 e. The molecule has 0 aliphatic carbocycles. The maximum absolute atomic E-state index is 12.2. The minimum atomic E-state index is -1.41. The maximum atomic E-state index is 12.2. The lowest BCUT2D eigenvalue weighted by atomic mass is 9.81. The molecule has 3 atom stereocenters. The monoisotopic (exact) mass is 273 g/mol. The molecule has 1 rings (SSSR count). The zero-order chi connectivity index (χ0) is 14.8. The molecule has 0 spiro atoms. The van der Waals surface area contributed by atoms with Gasteiger partial charge in [-0.05, 0) is 13.3 Å². The van der Waals surface area contributed by atoms with Crippen molar-refractivity contribution in [3.8, 4) is 0 Å². The molecular formula is C12H19NO6. The van der Waals surface area contributed by atoms with Crippen molar-refractivity contribution < 1.29 is 29.3 Å². The normalized spacial score (nSPS) is 30.5. The van der Waals surface area contributed by atoms with E-state index in [1.807, 2.05) is 0 Å². The molecule has 1 heterocycles. The van der Waals surface area contributed by atoms with Gasteiger partial charge in [0.25, 0.3) is 5.91 Å². The second-order valence-corrected chi connectivity index (χ2v) is 4.67. The fourth-order valence-corrected chi connectivity index (χ4v) is 2.55. The molecule has 1 fully saturated rings. The lowest BCUT2D eigenvalue weighted by Gasteiger charge is -2.36. The summed E-state index contributed by atoms with van der Waals surface area (Å²) in [7, 11) is 1.38. The Morgan fingerprint density at radius 1 is 1.47 bits per heavy atom. The topological polar surface area (TPSA) is 104 Å². The molecule has 2 N–H and O–H groups in total. The number of carbonyl (C=O) groups is 3. The number of aliphatic hydroxyl groups excluding tert-OH is 1. The van der Waals surface area contributed by atoms with E-state index in [2.05, 4.69) is 0 Å². The summed E-state index contributed by atoms with van der Waals surface area (Å²) in [6, 6.07) is 0. The molecule has 0 radical (unpaired) electrons. The highest BCUT2D eigenvalue weighted by molar-refractivity contribution is 5.95. The number of rotatable bonds is 5. The lowest BCUT2D eigenvalue weighted by Crippen LogP contribution is -2.54. The predicted octanol–water partition coefficient (Wildman–Crippen LogP) is -0.378. The Kier molecular flexibility index (Phi) is 4.52. The van der Waals surface area contributed by atoms with Crippen molar-refractivity contribution >= 4 is 17.8 Å². The zero-order valence-corrected chi connectivity index (χ0v) is 11.3. The van der Waals surface area contributed by atoms with Gasteiger partial charge < -0.3 is 19.8 Å². The molecule has 7 heteroatoms. The number of nitrogens with zero attached hydrogens (tertiary/aromatic N) is 1. The predicted molar refractivity (Wildman–Crippen MR) is 64.2 cm³/mol. The standard InChI is InChI=1S/C12H19NO6/c1-4-19-11(18)12(6-5-8(14)15)7(2)9(16)10(17)13(12)3/h7,9,16H,4-6H2,1-3H3,(H,14,15)/t7?,9?,12-/m0/s1. The molecule has 2 unspecified atom stereocenters. The molecule has 0 aromatic carbocycles. The average molecular weight is 273 g/mol. The Hall–Kier alpha value is -1.63. The number of likely N-dealkylation sites (tertiary alicyclic amines) is 1. The van der Waals surface area contributed by atoms with Gasteiger partial charge in [-0.25, -0.2) is 4.79 Å². The first-order chi connectivity index (χ1) is 8.78. The van der Waals surface area contributed by atoms with Gasteiger partial charge in [0.15, 0.2) is 0 Å². The molecule has 1 aliphatic heterocycles. The Bertz CT molecular complexity index is 396. The Balaban J connectivity index is 3.14. The molecule has 1 amide bonds. The van der Waals surface area contributed by atoms with Crippen molar-refractivity contribution in [3.63, 3.8) is 0 Å². The van der Waals surface area contributed by atoms with Crippen molar-refractivity contribution in [3.05, 3.63) is 0 Å². The number of hydrogen-bond acceptors (Lipinski definition) is 5. The first-order valence-corrected chi connectivity index (χ1v) is 6.13. The van der Waals surface area contributed by atoms with Gasteiger partial charge in [-0.15, -0.1) is 0 Å². The van der Waals surface area contributed by atoms with E-state index in [4.69, 9.17) is 9.84 Å². The molecular weight excluding hydrogens is 254 g/mol. The van der Waals surface area contributed by atoms with Crippen molar-refractivity contribution in [1.82, 2.24) is 4.90 Å². The summed E-state index contributed by atoms with van der Waals surface area (Å²) in [6.45, 7) is 3.30.